The second-order valence-electron chi connectivity index (χ2n) is 6.23. The lowest BCUT2D eigenvalue weighted by Crippen LogP contribution is -2.47. The first kappa shape index (κ1) is 15.1. The maximum absolute atomic E-state index is 12.0. The van der Waals surface area contributed by atoms with Crippen molar-refractivity contribution < 1.29 is 9.53 Å². The molecule has 0 aromatic carbocycles. The van der Waals surface area contributed by atoms with E-state index in [1.54, 1.807) is 18.6 Å². The summed E-state index contributed by atoms with van der Waals surface area (Å²) in [4.78, 5) is 20.1. The fourth-order valence-corrected chi connectivity index (χ4v) is 3.32. The molecule has 0 saturated heterocycles. The summed E-state index contributed by atoms with van der Waals surface area (Å²) in [5, 5.41) is 6.17. The van der Waals surface area contributed by atoms with Crippen LogP contribution in [0.3, 0.4) is 0 Å². The predicted octanol–water partition coefficient (Wildman–Crippen LogP) is 2.41. The largest absolute Gasteiger partial charge is 0.473 e. The number of ether oxygens (including phenoxy) is 1. The number of amides is 2. The highest BCUT2D eigenvalue weighted by Gasteiger charge is 2.25. The highest BCUT2D eigenvalue weighted by atomic mass is 16.5. The summed E-state index contributed by atoms with van der Waals surface area (Å²) >= 11 is 0. The van der Waals surface area contributed by atoms with E-state index in [-0.39, 0.29) is 18.2 Å². The first-order valence-electron chi connectivity index (χ1n) is 8.29. The SMILES string of the molecule is O=C(NC1CCCC1)NC1CCC(Oc2cnccn2)CC1. The van der Waals surface area contributed by atoms with Crippen molar-refractivity contribution in [1.82, 2.24) is 20.6 Å². The third-order valence-corrected chi connectivity index (χ3v) is 4.53. The molecule has 0 atom stereocenters. The van der Waals surface area contributed by atoms with E-state index in [4.69, 9.17) is 4.74 Å². The van der Waals surface area contributed by atoms with E-state index in [2.05, 4.69) is 20.6 Å². The van der Waals surface area contributed by atoms with Crippen LogP contribution in [0.5, 0.6) is 5.88 Å². The van der Waals surface area contributed by atoms with Gasteiger partial charge in [0.2, 0.25) is 5.88 Å². The minimum Gasteiger partial charge on any atom is -0.473 e. The monoisotopic (exact) mass is 304 g/mol. The van der Waals surface area contributed by atoms with Gasteiger partial charge in [0, 0.05) is 24.5 Å². The molecule has 120 valence electrons. The topological polar surface area (TPSA) is 76.1 Å². The Kier molecular flexibility index (Phi) is 5.08. The molecule has 6 nitrogen and oxygen atoms in total. The minimum atomic E-state index is -0.00908. The number of rotatable bonds is 4. The Bertz CT molecular complexity index is 468. The Morgan fingerprint density at radius 1 is 1.00 bits per heavy atom. The molecule has 3 rings (SSSR count). The van der Waals surface area contributed by atoms with Gasteiger partial charge in [-0.25, -0.2) is 9.78 Å². The fourth-order valence-electron chi connectivity index (χ4n) is 3.32. The van der Waals surface area contributed by atoms with Gasteiger partial charge in [0.25, 0.3) is 0 Å². The van der Waals surface area contributed by atoms with Gasteiger partial charge in [0.1, 0.15) is 6.10 Å². The van der Waals surface area contributed by atoms with Gasteiger partial charge in [-0.2, -0.15) is 0 Å². The Labute approximate surface area is 131 Å². The van der Waals surface area contributed by atoms with Gasteiger partial charge in [0.05, 0.1) is 6.20 Å². The third kappa shape index (κ3) is 4.32. The number of aromatic nitrogens is 2. The number of hydrogen-bond acceptors (Lipinski definition) is 4. The van der Waals surface area contributed by atoms with E-state index < -0.39 is 0 Å². The van der Waals surface area contributed by atoms with Crippen LogP contribution in [0, 0.1) is 0 Å². The highest BCUT2D eigenvalue weighted by Crippen LogP contribution is 2.22. The summed E-state index contributed by atoms with van der Waals surface area (Å²) < 4.78 is 5.81. The number of urea groups is 1. The lowest BCUT2D eigenvalue weighted by atomic mass is 9.93. The Hall–Kier alpha value is -1.85. The molecule has 1 heterocycles. The summed E-state index contributed by atoms with van der Waals surface area (Å²) in [5.41, 5.74) is 0. The molecule has 6 heteroatoms. The van der Waals surface area contributed by atoms with E-state index in [1.807, 2.05) is 0 Å². The molecule has 2 amide bonds. The van der Waals surface area contributed by atoms with Gasteiger partial charge in [-0.3, -0.25) is 4.98 Å². The first-order chi connectivity index (χ1) is 10.8. The van der Waals surface area contributed by atoms with Crippen LogP contribution in [0.4, 0.5) is 4.79 Å². The number of carbonyl (C=O) groups is 1. The molecule has 0 unspecified atom stereocenters. The van der Waals surface area contributed by atoms with Crippen molar-refractivity contribution in [3.63, 3.8) is 0 Å². The van der Waals surface area contributed by atoms with Gasteiger partial charge in [-0.15, -0.1) is 0 Å². The van der Waals surface area contributed by atoms with E-state index in [9.17, 15) is 4.79 Å². The molecular weight excluding hydrogens is 280 g/mol. The summed E-state index contributed by atoms with van der Waals surface area (Å²) in [6.45, 7) is 0. The van der Waals surface area contributed by atoms with Gasteiger partial charge in [-0.05, 0) is 38.5 Å². The van der Waals surface area contributed by atoms with Crippen LogP contribution in [0.15, 0.2) is 18.6 Å². The van der Waals surface area contributed by atoms with E-state index in [0.717, 1.165) is 38.5 Å². The molecule has 0 radical (unpaired) electrons. The van der Waals surface area contributed by atoms with Gasteiger partial charge in [0.15, 0.2) is 0 Å². The number of carbonyl (C=O) groups excluding carboxylic acids is 1. The van der Waals surface area contributed by atoms with Crippen molar-refractivity contribution >= 4 is 6.03 Å². The van der Waals surface area contributed by atoms with Gasteiger partial charge < -0.3 is 15.4 Å². The molecule has 22 heavy (non-hydrogen) atoms. The molecule has 2 saturated carbocycles. The minimum absolute atomic E-state index is 0.00908. The molecule has 0 bridgehead atoms. The Balaban J connectivity index is 1.37. The van der Waals surface area contributed by atoms with Crippen molar-refractivity contribution in [1.29, 1.82) is 0 Å². The third-order valence-electron chi connectivity index (χ3n) is 4.53. The first-order valence-corrected chi connectivity index (χ1v) is 8.29. The van der Waals surface area contributed by atoms with Gasteiger partial charge >= 0.3 is 6.03 Å². The highest BCUT2D eigenvalue weighted by molar-refractivity contribution is 5.74. The quantitative estimate of drug-likeness (QED) is 0.895. The fraction of sp³-hybridized carbons (Fsp3) is 0.688. The average Bonchev–Trinajstić information content (AvgIpc) is 3.03. The predicted molar refractivity (Wildman–Crippen MR) is 82.6 cm³/mol. The molecule has 2 aliphatic rings. The van der Waals surface area contributed by atoms with Crippen molar-refractivity contribution in [2.24, 2.45) is 0 Å². The van der Waals surface area contributed by atoms with Crippen LogP contribution in [-0.2, 0) is 0 Å². The van der Waals surface area contributed by atoms with Crippen molar-refractivity contribution in [2.45, 2.75) is 69.6 Å². The molecule has 1 aromatic heterocycles. The summed E-state index contributed by atoms with van der Waals surface area (Å²) in [5.74, 6) is 0.581. The second-order valence-corrected chi connectivity index (χ2v) is 6.23. The molecular formula is C16H24N4O2. The van der Waals surface area contributed by atoms with Crippen LogP contribution >= 0.6 is 0 Å². The van der Waals surface area contributed by atoms with Crippen LogP contribution in [0.2, 0.25) is 0 Å². The second kappa shape index (κ2) is 7.42. The van der Waals surface area contributed by atoms with Crippen molar-refractivity contribution in [2.75, 3.05) is 0 Å². The normalized spacial score (nSPS) is 25.6. The number of hydrogen-bond donors (Lipinski definition) is 2. The zero-order valence-electron chi connectivity index (χ0n) is 12.8. The van der Waals surface area contributed by atoms with E-state index >= 15 is 0 Å². The summed E-state index contributed by atoms with van der Waals surface area (Å²) in [6.07, 6.45) is 13.5. The summed E-state index contributed by atoms with van der Waals surface area (Å²) in [7, 11) is 0. The molecule has 2 N–H and O–H groups in total. The van der Waals surface area contributed by atoms with Crippen molar-refractivity contribution in [3.8, 4) is 5.88 Å². The zero-order chi connectivity index (χ0) is 15.2. The maximum atomic E-state index is 12.0. The average molecular weight is 304 g/mol. The van der Waals surface area contributed by atoms with E-state index in [1.165, 1.54) is 12.8 Å². The summed E-state index contributed by atoms with van der Waals surface area (Å²) in [6, 6.07) is 0.615. The Morgan fingerprint density at radius 3 is 2.32 bits per heavy atom. The van der Waals surface area contributed by atoms with Crippen LogP contribution in [-0.4, -0.2) is 34.2 Å². The number of nitrogens with one attached hydrogen (secondary N) is 2. The maximum Gasteiger partial charge on any atom is 0.315 e. The van der Waals surface area contributed by atoms with E-state index in [0.29, 0.717) is 11.9 Å². The number of nitrogens with zero attached hydrogens (tertiary/aromatic N) is 2. The smallest absolute Gasteiger partial charge is 0.315 e. The van der Waals surface area contributed by atoms with Crippen molar-refractivity contribution in [3.05, 3.63) is 18.6 Å². The molecule has 2 aliphatic carbocycles. The lowest BCUT2D eigenvalue weighted by Gasteiger charge is -2.29. The molecule has 1 aromatic rings. The van der Waals surface area contributed by atoms with Gasteiger partial charge in [-0.1, -0.05) is 12.8 Å². The standard InChI is InChI=1S/C16H24N4O2/c21-16(19-12-3-1-2-4-12)20-13-5-7-14(8-6-13)22-15-11-17-9-10-18-15/h9-14H,1-8H2,(H2,19,20,21). The van der Waals surface area contributed by atoms with Crippen LogP contribution in [0.25, 0.3) is 0 Å². The molecule has 0 aliphatic heterocycles. The lowest BCUT2D eigenvalue weighted by molar-refractivity contribution is 0.134. The van der Waals surface area contributed by atoms with Crippen LogP contribution < -0.4 is 15.4 Å². The zero-order valence-corrected chi connectivity index (χ0v) is 12.8. The Morgan fingerprint density at radius 2 is 1.68 bits per heavy atom. The van der Waals surface area contributed by atoms with Crippen LogP contribution in [0.1, 0.15) is 51.4 Å². The molecule has 2 fully saturated rings. The molecule has 0 spiro atoms.